The molecule has 1 aliphatic heterocycles. The molecule has 34 heavy (non-hydrogen) atoms. The Bertz CT molecular complexity index is 1350. The van der Waals surface area contributed by atoms with Crippen LogP contribution in [0.25, 0.3) is 22.0 Å². The predicted molar refractivity (Wildman–Crippen MR) is 135 cm³/mol. The van der Waals surface area contributed by atoms with Gasteiger partial charge in [-0.3, -0.25) is 4.99 Å². The van der Waals surface area contributed by atoms with Crippen LogP contribution in [0.2, 0.25) is 0 Å². The highest BCUT2D eigenvalue weighted by Crippen LogP contribution is 2.36. The van der Waals surface area contributed by atoms with Crippen molar-refractivity contribution >= 4 is 32.9 Å². The number of piperidine rings is 1. The highest BCUT2D eigenvalue weighted by atomic mass is 32.2. The molecule has 2 heterocycles. The predicted octanol–water partition coefficient (Wildman–Crippen LogP) is 2.74. The Hall–Kier alpha value is -3.50. The molecule has 3 aromatic rings. The number of aliphatic imine (C=N–C) groups is 1. The molecular weight excluding hydrogens is 452 g/mol. The number of anilines is 1. The van der Waals surface area contributed by atoms with E-state index in [1.54, 1.807) is 24.5 Å². The van der Waals surface area contributed by atoms with Gasteiger partial charge in [-0.05, 0) is 44.1 Å². The van der Waals surface area contributed by atoms with Crippen molar-refractivity contribution in [3.8, 4) is 16.9 Å². The summed E-state index contributed by atoms with van der Waals surface area (Å²) in [7, 11) is -1.85. The first kappa shape index (κ1) is 23.7. The van der Waals surface area contributed by atoms with Crippen molar-refractivity contribution in [1.29, 1.82) is 0 Å². The Morgan fingerprint density at radius 2 is 2.03 bits per heavy atom. The zero-order valence-corrected chi connectivity index (χ0v) is 20.0. The van der Waals surface area contributed by atoms with Crippen LogP contribution in [-0.4, -0.2) is 57.1 Å². The fourth-order valence-electron chi connectivity index (χ4n) is 3.85. The molecule has 4 rings (SSSR count). The molecule has 9 nitrogen and oxygen atoms in total. The maximum atomic E-state index is 12.0. The number of hydrogen-bond donors (Lipinski definition) is 3. The molecule has 0 amide bonds. The summed E-state index contributed by atoms with van der Waals surface area (Å²) in [6.07, 6.45) is 8.04. The normalized spacial score (nSPS) is 15.6. The van der Waals surface area contributed by atoms with Crippen molar-refractivity contribution in [2.45, 2.75) is 23.8 Å². The number of rotatable bonds is 7. The molecular formula is C24H28N6O3S. The molecule has 1 aromatic heterocycles. The third-order valence-corrected chi connectivity index (χ3v) is 6.78. The van der Waals surface area contributed by atoms with Crippen LogP contribution in [0.4, 0.5) is 5.95 Å². The number of aromatic nitrogens is 2. The van der Waals surface area contributed by atoms with Crippen molar-refractivity contribution in [2.24, 2.45) is 10.7 Å². The molecule has 1 saturated heterocycles. The summed E-state index contributed by atoms with van der Waals surface area (Å²) in [4.78, 5) is 14.0. The summed E-state index contributed by atoms with van der Waals surface area (Å²) in [6.45, 7) is 1.92. The number of nitrogens with one attached hydrogen (secondary N) is 2. The Balaban J connectivity index is 1.68. The third-order valence-electron chi connectivity index (χ3n) is 5.67. The van der Waals surface area contributed by atoms with E-state index >= 15 is 0 Å². The Morgan fingerprint density at radius 1 is 1.24 bits per heavy atom. The SMILES string of the molecule is COc1cc(S(C)(=O)=O)ccc1-c1cccc2cnc(NC(C=NC3CCNCC3)=CN)nc12. The van der Waals surface area contributed by atoms with E-state index in [1.807, 2.05) is 18.2 Å². The van der Waals surface area contributed by atoms with Gasteiger partial charge in [-0.1, -0.05) is 18.2 Å². The molecule has 10 heteroatoms. The topological polar surface area (TPSA) is 132 Å². The van der Waals surface area contributed by atoms with Gasteiger partial charge in [-0.2, -0.15) is 0 Å². The minimum atomic E-state index is -3.36. The summed E-state index contributed by atoms with van der Waals surface area (Å²) in [5.41, 5.74) is 8.62. The van der Waals surface area contributed by atoms with Crippen LogP contribution in [0, 0.1) is 0 Å². The summed E-state index contributed by atoms with van der Waals surface area (Å²) < 4.78 is 29.5. The molecule has 2 aromatic carbocycles. The number of fused-ring (bicyclic) bond motifs is 1. The lowest BCUT2D eigenvalue weighted by molar-refractivity contribution is 0.415. The van der Waals surface area contributed by atoms with Crippen LogP contribution in [-0.2, 0) is 9.84 Å². The average molecular weight is 481 g/mol. The molecule has 1 fully saturated rings. The van der Waals surface area contributed by atoms with Crippen LogP contribution >= 0.6 is 0 Å². The van der Waals surface area contributed by atoms with Gasteiger partial charge in [-0.15, -0.1) is 0 Å². The van der Waals surface area contributed by atoms with Crippen LogP contribution in [0.1, 0.15) is 12.8 Å². The molecule has 0 aliphatic carbocycles. The highest BCUT2D eigenvalue weighted by Gasteiger charge is 2.16. The number of sulfone groups is 1. The van der Waals surface area contributed by atoms with E-state index in [0.717, 1.165) is 42.4 Å². The van der Waals surface area contributed by atoms with E-state index in [-0.39, 0.29) is 10.9 Å². The van der Waals surface area contributed by atoms with E-state index in [2.05, 4.69) is 20.6 Å². The van der Waals surface area contributed by atoms with Gasteiger partial charge in [0.25, 0.3) is 0 Å². The standard InChI is InChI=1S/C24H28N6O3S/c1-33-22-12-19(34(2,31)32)6-7-20(22)21-5-3-4-16-14-28-24(30-23(16)21)29-18(13-25)15-27-17-8-10-26-11-9-17/h3-7,12-15,17,26H,8-11,25H2,1-2H3,(H,28,29,30). The van der Waals surface area contributed by atoms with Gasteiger partial charge in [0.2, 0.25) is 5.95 Å². The second-order valence-electron chi connectivity index (χ2n) is 8.08. The van der Waals surface area contributed by atoms with Gasteiger partial charge in [0, 0.05) is 41.4 Å². The number of nitrogens with two attached hydrogens (primary N) is 1. The molecule has 4 N–H and O–H groups in total. The van der Waals surface area contributed by atoms with Crippen LogP contribution < -0.4 is 21.1 Å². The van der Waals surface area contributed by atoms with Crippen molar-refractivity contribution in [3.05, 3.63) is 54.5 Å². The van der Waals surface area contributed by atoms with E-state index in [0.29, 0.717) is 22.9 Å². The first-order valence-corrected chi connectivity index (χ1v) is 12.8. The fraction of sp³-hybridized carbons (Fsp3) is 0.292. The van der Waals surface area contributed by atoms with E-state index in [1.165, 1.54) is 25.6 Å². The number of methoxy groups -OCH3 is 1. The second-order valence-corrected chi connectivity index (χ2v) is 10.1. The van der Waals surface area contributed by atoms with Crippen molar-refractivity contribution in [1.82, 2.24) is 15.3 Å². The summed E-state index contributed by atoms with van der Waals surface area (Å²) >= 11 is 0. The zero-order chi connectivity index (χ0) is 24.1. The maximum Gasteiger partial charge on any atom is 0.227 e. The quantitative estimate of drug-likeness (QED) is 0.440. The summed E-state index contributed by atoms with van der Waals surface area (Å²) in [5, 5.41) is 7.29. The number of ether oxygens (including phenoxy) is 1. The van der Waals surface area contributed by atoms with Gasteiger partial charge in [0.15, 0.2) is 9.84 Å². The lowest BCUT2D eigenvalue weighted by Gasteiger charge is -2.18. The van der Waals surface area contributed by atoms with Crippen molar-refractivity contribution < 1.29 is 13.2 Å². The minimum absolute atomic E-state index is 0.191. The van der Waals surface area contributed by atoms with Gasteiger partial charge in [-0.25, -0.2) is 18.4 Å². The van der Waals surface area contributed by atoms with Crippen molar-refractivity contribution in [3.63, 3.8) is 0 Å². The van der Waals surface area contributed by atoms with Crippen LogP contribution in [0.3, 0.4) is 0 Å². The molecule has 0 spiro atoms. The molecule has 0 unspecified atom stereocenters. The first-order chi connectivity index (χ1) is 16.4. The molecule has 0 atom stereocenters. The van der Waals surface area contributed by atoms with Gasteiger partial charge >= 0.3 is 0 Å². The number of nitrogens with zero attached hydrogens (tertiary/aromatic N) is 3. The third kappa shape index (κ3) is 5.35. The monoisotopic (exact) mass is 480 g/mol. The van der Waals surface area contributed by atoms with Crippen molar-refractivity contribution in [2.75, 3.05) is 31.8 Å². The Morgan fingerprint density at radius 3 is 2.74 bits per heavy atom. The van der Waals surface area contributed by atoms with Crippen LogP contribution in [0.5, 0.6) is 5.75 Å². The summed E-state index contributed by atoms with van der Waals surface area (Å²) in [5.74, 6) is 0.820. The average Bonchev–Trinajstić information content (AvgIpc) is 2.85. The molecule has 178 valence electrons. The molecule has 1 aliphatic rings. The van der Waals surface area contributed by atoms with E-state index in [4.69, 9.17) is 15.5 Å². The fourth-order valence-corrected chi connectivity index (χ4v) is 4.48. The van der Waals surface area contributed by atoms with Gasteiger partial charge in [0.05, 0.1) is 29.3 Å². The number of para-hydroxylation sites is 1. The number of hydrogen-bond acceptors (Lipinski definition) is 9. The lowest BCUT2D eigenvalue weighted by Crippen LogP contribution is -2.30. The van der Waals surface area contributed by atoms with E-state index in [9.17, 15) is 8.42 Å². The maximum absolute atomic E-state index is 12.0. The summed E-state index contributed by atoms with van der Waals surface area (Å²) in [6, 6.07) is 10.8. The van der Waals surface area contributed by atoms with Gasteiger partial charge < -0.3 is 21.1 Å². The second kappa shape index (κ2) is 10.2. The number of benzene rings is 2. The zero-order valence-electron chi connectivity index (χ0n) is 19.2. The smallest absolute Gasteiger partial charge is 0.227 e. The van der Waals surface area contributed by atoms with Gasteiger partial charge in [0.1, 0.15) is 5.75 Å². The largest absolute Gasteiger partial charge is 0.496 e. The highest BCUT2D eigenvalue weighted by molar-refractivity contribution is 7.90. The Labute approximate surface area is 199 Å². The lowest BCUT2D eigenvalue weighted by atomic mass is 10.0. The molecule has 0 bridgehead atoms. The molecule has 0 saturated carbocycles. The van der Waals surface area contributed by atoms with Crippen LogP contribution in [0.15, 0.2) is 64.4 Å². The first-order valence-electron chi connectivity index (χ1n) is 11.0. The molecule has 0 radical (unpaired) electrons. The Kier molecular flexibility index (Phi) is 7.09. The number of allylic oxidation sites excluding steroid dienone is 1. The van der Waals surface area contributed by atoms with E-state index < -0.39 is 9.84 Å². The minimum Gasteiger partial charge on any atom is -0.496 e.